The monoisotopic (exact) mass is 171 g/mol. The molecule has 0 amide bonds. The minimum atomic E-state index is -4.49. The Morgan fingerprint density at radius 3 is 2.40 bits per heavy atom. The molecule has 0 aliphatic rings. The molecule has 0 unspecified atom stereocenters. The summed E-state index contributed by atoms with van der Waals surface area (Å²) in [6.07, 6.45) is 2.11. The summed E-state index contributed by atoms with van der Waals surface area (Å²) in [6.45, 7) is 0. The van der Waals surface area contributed by atoms with Crippen LogP contribution in [0.4, 0.5) is 0 Å². The van der Waals surface area contributed by atoms with Crippen LogP contribution in [-0.2, 0) is 10.1 Å². The fraction of sp³-hybridized carbons (Fsp3) is 0. The van der Waals surface area contributed by atoms with Gasteiger partial charge in [-0.25, -0.2) is 13.4 Å². The molecule has 0 saturated heterocycles. The van der Waals surface area contributed by atoms with E-state index in [2.05, 4.69) is 9.40 Å². The van der Waals surface area contributed by atoms with E-state index in [-0.39, 0.29) is 29.6 Å². The van der Waals surface area contributed by atoms with E-state index in [1.54, 1.807) is 0 Å². The second-order valence-electron chi connectivity index (χ2n) is 1.25. The van der Waals surface area contributed by atoms with Gasteiger partial charge in [-0.15, -0.1) is 0 Å². The molecule has 7 heteroatoms. The maximum Gasteiger partial charge on any atom is 1.00 e. The van der Waals surface area contributed by atoms with Gasteiger partial charge in [-0.05, 0) is 0 Å². The van der Waals surface area contributed by atoms with Gasteiger partial charge in [-0.1, -0.05) is 0 Å². The molecule has 0 aliphatic heterocycles. The number of aromatic nitrogens is 1. The largest absolute Gasteiger partial charge is 1.00 e. The van der Waals surface area contributed by atoms with Crippen molar-refractivity contribution in [3.63, 3.8) is 0 Å². The van der Waals surface area contributed by atoms with E-state index < -0.39 is 15.3 Å². The summed E-state index contributed by atoms with van der Waals surface area (Å²) in [7, 11) is -4.49. The minimum Gasteiger partial charge on any atom is -0.740 e. The summed E-state index contributed by atoms with van der Waals surface area (Å²) in [4.78, 5) is 3.12. The van der Waals surface area contributed by atoms with E-state index >= 15 is 0 Å². The van der Waals surface area contributed by atoms with Crippen LogP contribution in [0.25, 0.3) is 0 Å². The topological polar surface area (TPSA) is 83.2 Å². The van der Waals surface area contributed by atoms with E-state index in [4.69, 9.17) is 0 Å². The fourth-order valence-corrected chi connectivity index (χ4v) is 0.697. The van der Waals surface area contributed by atoms with Crippen molar-refractivity contribution >= 4 is 10.1 Å². The SMILES string of the molecule is O=S(=O)([O-])c1ncco1.[Na+]. The molecule has 0 atom stereocenters. The van der Waals surface area contributed by atoms with Gasteiger partial charge in [0.05, 0.1) is 6.20 Å². The van der Waals surface area contributed by atoms with Crippen molar-refractivity contribution in [2.24, 2.45) is 0 Å². The van der Waals surface area contributed by atoms with E-state index in [1.807, 2.05) is 0 Å². The van der Waals surface area contributed by atoms with Crippen molar-refractivity contribution in [3.05, 3.63) is 12.5 Å². The number of nitrogens with zero attached hydrogens (tertiary/aromatic N) is 1. The Morgan fingerprint density at radius 1 is 1.60 bits per heavy atom. The fourth-order valence-electron chi connectivity index (χ4n) is 0.334. The van der Waals surface area contributed by atoms with E-state index in [1.165, 1.54) is 0 Å². The van der Waals surface area contributed by atoms with Crippen LogP contribution in [0.3, 0.4) is 0 Å². The van der Waals surface area contributed by atoms with Gasteiger partial charge in [0, 0.05) is 0 Å². The van der Waals surface area contributed by atoms with E-state index in [0.717, 1.165) is 12.5 Å². The average molecular weight is 171 g/mol. The number of rotatable bonds is 1. The Labute approximate surface area is 79.5 Å². The van der Waals surface area contributed by atoms with Crippen LogP contribution in [0.1, 0.15) is 0 Å². The zero-order chi connectivity index (χ0) is 6.91. The van der Waals surface area contributed by atoms with Crippen LogP contribution in [0.2, 0.25) is 0 Å². The Kier molecular flexibility index (Phi) is 3.54. The maximum atomic E-state index is 9.98. The zero-order valence-corrected chi connectivity index (χ0v) is 7.96. The van der Waals surface area contributed by atoms with Crippen LogP contribution >= 0.6 is 0 Å². The van der Waals surface area contributed by atoms with Crippen LogP contribution < -0.4 is 29.6 Å². The van der Waals surface area contributed by atoms with E-state index in [0.29, 0.717) is 0 Å². The third-order valence-electron chi connectivity index (χ3n) is 0.624. The first-order chi connectivity index (χ1) is 4.11. The van der Waals surface area contributed by atoms with Crippen LogP contribution in [0.5, 0.6) is 0 Å². The first kappa shape index (κ1) is 10.1. The Hall–Kier alpha value is 0.120. The van der Waals surface area contributed by atoms with Gasteiger partial charge in [0.2, 0.25) is 0 Å². The number of hydrogen-bond donors (Lipinski definition) is 0. The molecule has 0 spiro atoms. The molecule has 50 valence electrons. The second-order valence-corrected chi connectivity index (χ2v) is 2.51. The van der Waals surface area contributed by atoms with Crippen molar-refractivity contribution < 1.29 is 46.9 Å². The third-order valence-corrected chi connectivity index (χ3v) is 1.25. The third kappa shape index (κ3) is 2.39. The summed E-state index contributed by atoms with van der Waals surface area (Å²) in [6, 6.07) is 0. The van der Waals surface area contributed by atoms with Crippen molar-refractivity contribution in [1.29, 1.82) is 0 Å². The van der Waals surface area contributed by atoms with Gasteiger partial charge in [-0.2, -0.15) is 0 Å². The van der Waals surface area contributed by atoms with Crippen molar-refractivity contribution in [3.8, 4) is 0 Å². The molecule has 5 nitrogen and oxygen atoms in total. The first-order valence-electron chi connectivity index (χ1n) is 1.96. The molecule has 0 radical (unpaired) electrons. The average Bonchev–Trinajstić information content (AvgIpc) is 2.08. The summed E-state index contributed by atoms with van der Waals surface area (Å²) >= 11 is 0. The molecular weight excluding hydrogens is 169 g/mol. The van der Waals surface area contributed by atoms with Gasteiger partial charge in [0.1, 0.15) is 6.26 Å². The molecule has 1 heterocycles. The molecule has 0 N–H and O–H groups in total. The molecule has 10 heavy (non-hydrogen) atoms. The van der Waals surface area contributed by atoms with Crippen LogP contribution in [-0.4, -0.2) is 18.0 Å². The quantitative estimate of drug-likeness (QED) is 0.324. The Morgan fingerprint density at radius 2 is 2.20 bits per heavy atom. The smallest absolute Gasteiger partial charge is 0.740 e. The maximum absolute atomic E-state index is 9.98. The van der Waals surface area contributed by atoms with Gasteiger partial charge in [0.15, 0.2) is 10.1 Å². The van der Waals surface area contributed by atoms with Crippen LogP contribution in [0.15, 0.2) is 22.1 Å². The molecule has 0 aliphatic carbocycles. The standard InChI is InChI=1S/C3H3NO4S.Na/c5-9(6,7)3-4-1-2-8-3;/h1-2H,(H,5,6,7);/q;+1/p-1. The molecule has 1 rings (SSSR count). The summed E-state index contributed by atoms with van der Waals surface area (Å²) in [5.41, 5.74) is 0. The molecule has 0 aromatic carbocycles. The second kappa shape index (κ2) is 3.49. The molecule has 1 aromatic rings. The predicted octanol–water partition coefficient (Wildman–Crippen LogP) is -3.42. The van der Waals surface area contributed by atoms with Crippen LogP contribution in [0, 0.1) is 0 Å². The molecule has 0 fully saturated rings. The summed E-state index contributed by atoms with van der Waals surface area (Å²) < 4.78 is 34.1. The molecule has 1 aromatic heterocycles. The first-order valence-corrected chi connectivity index (χ1v) is 3.37. The minimum absolute atomic E-state index is 0. The van der Waals surface area contributed by atoms with Crippen molar-refractivity contribution in [2.75, 3.05) is 0 Å². The van der Waals surface area contributed by atoms with Gasteiger partial charge in [0.25, 0.3) is 0 Å². The molecule has 0 saturated carbocycles. The zero-order valence-electron chi connectivity index (χ0n) is 5.14. The predicted molar refractivity (Wildman–Crippen MR) is 24.5 cm³/mol. The number of oxazole rings is 1. The molecular formula is C3H2NNaO4S. The van der Waals surface area contributed by atoms with Gasteiger partial charge < -0.3 is 8.97 Å². The van der Waals surface area contributed by atoms with Crippen molar-refractivity contribution in [1.82, 2.24) is 4.98 Å². The van der Waals surface area contributed by atoms with Gasteiger partial charge in [-0.3, -0.25) is 0 Å². The summed E-state index contributed by atoms with van der Waals surface area (Å²) in [5.74, 6) is 0. The molecule has 0 bridgehead atoms. The Balaban J connectivity index is 0.000000810. The normalized spacial score (nSPS) is 10.5. The van der Waals surface area contributed by atoms with E-state index in [9.17, 15) is 13.0 Å². The van der Waals surface area contributed by atoms with Gasteiger partial charge >= 0.3 is 34.8 Å². The van der Waals surface area contributed by atoms with Crippen molar-refractivity contribution in [2.45, 2.75) is 5.22 Å². The summed E-state index contributed by atoms with van der Waals surface area (Å²) in [5, 5.41) is -0.789. The Bertz CT molecular complexity index is 277. The number of hydrogen-bond acceptors (Lipinski definition) is 5.